The summed E-state index contributed by atoms with van der Waals surface area (Å²) < 4.78 is 0. The Kier molecular flexibility index (Phi) is 4.12. The second-order valence-corrected chi connectivity index (χ2v) is 3.86. The lowest BCUT2D eigenvalue weighted by Gasteiger charge is -2.22. The zero-order chi connectivity index (χ0) is 7.61. The number of hydrogen-bond acceptors (Lipinski definition) is 0. The van der Waals surface area contributed by atoms with E-state index in [1.165, 1.54) is 25.7 Å². The molecule has 1 rings (SSSR count). The Morgan fingerprint density at radius 1 is 1.36 bits per heavy atom. The second-order valence-electron chi connectivity index (χ2n) is 3.86. The van der Waals surface area contributed by atoms with Crippen molar-refractivity contribution in [2.45, 2.75) is 45.1 Å². The maximum absolute atomic E-state index is 4.13. The van der Waals surface area contributed by atoms with E-state index in [0.29, 0.717) is 0 Å². The highest BCUT2D eigenvalue weighted by Crippen LogP contribution is 2.23. The Morgan fingerprint density at radius 2 is 2.00 bits per heavy atom. The molecular weight excluding hydrogens is 158 g/mol. The van der Waals surface area contributed by atoms with E-state index >= 15 is 0 Å². The van der Waals surface area contributed by atoms with Gasteiger partial charge >= 0.3 is 0 Å². The third kappa shape index (κ3) is 3.26. The van der Waals surface area contributed by atoms with Gasteiger partial charge in [-0.1, -0.05) is 6.08 Å². The number of hydrogen-bond donors (Lipinski definition) is 1. The molecule has 0 amide bonds. The largest absolute Gasteiger partial charge is 1.00 e. The summed E-state index contributed by atoms with van der Waals surface area (Å²) in [6.45, 7) is 4.40. The van der Waals surface area contributed by atoms with E-state index in [0.717, 1.165) is 0 Å². The Labute approximate surface area is 75.5 Å². The van der Waals surface area contributed by atoms with Gasteiger partial charge in [0, 0.05) is 0 Å². The topological polar surface area (TPSA) is 27.6 Å². The van der Waals surface area contributed by atoms with Crippen LogP contribution >= 0.6 is 0 Å². The van der Waals surface area contributed by atoms with E-state index in [9.17, 15) is 0 Å². The second kappa shape index (κ2) is 4.13. The first-order valence-electron chi connectivity index (χ1n) is 4.15. The lowest BCUT2D eigenvalue weighted by Crippen LogP contribution is -3.00. The van der Waals surface area contributed by atoms with Gasteiger partial charge in [-0.25, -0.2) is 0 Å². The zero-order valence-electron chi connectivity index (χ0n) is 7.49. The highest BCUT2D eigenvalue weighted by Gasteiger charge is 2.21. The summed E-state index contributed by atoms with van der Waals surface area (Å²) in [5.74, 6) is 0. The number of allylic oxidation sites excluding steroid dienone is 1. The molecule has 0 saturated heterocycles. The molecule has 0 bridgehead atoms. The molecule has 66 valence electrons. The molecule has 0 aliphatic heterocycles. The summed E-state index contributed by atoms with van der Waals surface area (Å²) in [4.78, 5) is 0. The number of quaternary nitrogens is 1. The molecule has 0 spiro atoms. The number of rotatable bonds is 1. The van der Waals surface area contributed by atoms with Crippen molar-refractivity contribution in [1.29, 1.82) is 0 Å². The molecule has 3 N–H and O–H groups in total. The zero-order valence-corrected chi connectivity index (χ0v) is 8.25. The molecule has 0 unspecified atom stereocenters. The summed E-state index contributed by atoms with van der Waals surface area (Å²) in [5.41, 5.74) is 5.86. The van der Waals surface area contributed by atoms with Gasteiger partial charge < -0.3 is 18.1 Å². The molecule has 2 heteroatoms. The molecule has 1 aliphatic carbocycles. The fraction of sp³-hybridized carbons (Fsp3) is 0.778. The van der Waals surface area contributed by atoms with Crippen LogP contribution in [0.4, 0.5) is 0 Å². The van der Waals surface area contributed by atoms with Crippen LogP contribution < -0.4 is 18.1 Å². The van der Waals surface area contributed by atoms with Gasteiger partial charge in [-0.05, 0) is 45.1 Å². The van der Waals surface area contributed by atoms with E-state index in [2.05, 4.69) is 25.7 Å². The molecule has 0 aromatic carbocycles. The standard InChI is InChI=1S/C9H17N.ClH/c1-9(2,10)8-6-4-3-5-7-8;/h6H,3-5,7,10H2,1-2H3;1H. The minimum absolute atomic E-state index is 0. The SMILES string of the molecule is CC(C)([NH3+])C1=CCCCC1.[Cl-]. The van der Waals surface area contributed by atoms with E-state index in [-0.39, 0.29) is 17.9 Å². The van der Waals surface area contributed by atoms with Crippen LogP contribution in [0, 0.1) is 0 Å². The molecule has 0 saturated carbocycles. The summed E-state index contributed by atoms with van der Waals surface area (Å²) in [5, 5.41) is 0. The molecular formula is C9H18ClN. The van der Waals surface area contributed by atoms with Crippen molar-refractivity contribution in [2.75, 3.05) is 0 Å². The van der Waals surface area contributed by atoms with Crippen LogP contribution in [0.2, 0.25) is 0 Å². The normalized spacial score (nSPS) is 18.6. The highest BCUT2D eigenvalue weighted by atomic mass is 35.5. The third-order valence-corrected chi connectivity index (χ3v) is 2.16. The van der Waals surface area contributed by atoms with Gasteiger partial charge in [0.1, 0.15) is 5.54 Å². The van der Waals surface area contributed by atoms with Crippen molar-refractivity contribution < 1.29 is 18.1 Å². The lowest BCUT2D eigenvalue weighted by molar-refractivity contribution is -0.451. The van der Waals surface area contributed by atoms with Crippen LogP contribution in [-0.4, -0.2) is 5.54 Å². The molecule has 11 heavy (non-hydrogen) atoms. The van der Waals surface area contributed by atoms with Gasteiger partial charge in [0.15, 0.2) is 0 Å². The first-order valence-corrected chi connectivity index (χ1v) is 4.15. The Morgan fingerprint density at radius 3 is 2.27 bits per heavy atom. The van der Waals surface area contributed by atoms with E-state index < -0.39 is 0 Å². The molecule has 1 aliphatic rings. The van der Waals surface area contributed by atoms with Crippen LogP contribution in [0.25, 0.3) is 0 Å². The Balaban J connectivity index is 0.000001000. The van der Waals surface area contributed by atoms with E-state index in [1.807, 2.05) is 0 Å². The predicted octanol–water partition coefficient (Wildman–Crippen LogP) is -1.49. The molecule has 0 heterocycles. The van der Waals surface area contributed by atoms with Crippen molar-refractivity contribution >= 4 is 0 Å². The van der Waals surface area contributed by atoms with Crippen molar-refractivity contribution in [3.63, 3.8) is 0 Å². The summed E-state index contributed by atoms with van der Waals surface area (Å²) in [6.07, 6.45) is 7.66. The van der Waals surface area contributed by atoms with Crippen LogP contribution in [0.5, 0.6) is 0 Å². The van der Waals surface area contributed by atoms with Crippen molar-refractivity contribution in [3.8, 4) is 0 Å². The molecule has 0 atom stereocenters. The number of halogens is 1. The van der Waals surface area contributed by atoms with Gasteiger partial charge in [-0.3, -0.25) is 0 Å². The monoisotopic (exact) mass is 175 g/mol. The smallest absolute Gasteiger partial charge is 0.110 e. The molecule has 1 nitrogen and oxygen atoms in total. The fourth-order valence-corrected chi connectivity index (χ4v) is 1.45. The maximum atomic E-state index is 4.13. The van der Waals surface area contributed by atoms with Gasteiger partial charge in [0.05, 0.1) is 0 Å². The summed E-state index contributed by atoms with van der Waals surface area (Å²) in [7, 11) is 0. The molecule has 0 radical (unpaired) electrons. The fourth-order valence-electron chi connectivity index (χ4n) is 1.45. The first-order chi connectivity index (χ1) is 4.61. The predicted molar refractivity (Wildman–Crippen MR) is 43.5 cm³/mol. The maximum Gasteiger partial charge on any atom is 0.110 e. The molecule has 0 aromatic heterocycles. The third-order valence-electron chi connectivity index (χ3n) is 2.16. The highest BCUT2D eigenvalue weighted by molar-refractivity contribution is 5.14. The van der Waals surface area contributed by atoms with Crippen molar-refractivity contribution in [2.24, 2.45) is 0 Å². The Hall–Kier alpha value is -0.0100. The lowest BCUT2D eigenvalue weighted by atomic mass is 9.86. The van der Waals surface area contributed by atoms with E-state index in [1.54, 1.807) is 5.57 Å². The quantitative estimate of drug-likeness (QED) is 0.471. The van der Waals surface area contributed by atoms with Crippen LogP contribution in [0.1, 0.15) is 39.5 Å². The van der Waals surface area contributed by atoms with Crippen molar-refractivity contribution in [1.82, 2.24) is 0 Å². The van der Waals surface area contributed by atoms with E-state index in [4.69, 9.17) is 0 Å². The minimum atomic E-state index is 0. The van der Waals surface area contributed by atoms with Crippen molar-refractivity contribution in [3.05, 3.63) is 11.6 Å². The molecule has 0 aromatic rings. The van der Waals surface area contributed by atoms with Gasteiger partial charge in [-0.15, -0.1) is 0 Å². The van der Waals surface area contributed by atoms with Gasteiger partial charge in [-0.2, -0.15) is 0 Å². The average Bonchev–Trinajstić information content (AvgIpc) is 1.88. The first kappa shape index (κ1) is 11.0. The van der Waals surface area contributed by atoms with Crippen LogP contribution in [0.15, 0.2) is 11.6 Å². The van der Waals surface area contributed by atoms with Crippen LogP contribution in [-0.2, 0) is 0 Å². The van der Waals surface area contributed by atoms with Gasteiger partial charge in [0.2, 0.25) is 0 Å². The average molecular weight is 176 g/mol. The van der Waals surface area contributed by atoms with Gasteiger partial charge in [0.25, 0.3) is 0 Å². The minimum Gasteiger partial charge on any atom is -1.00 e. The summed E-state index contributed by atoms with van der Waals surface area (Å²) in [6, 6.07) is 0. The molecule has 0 fully saturated rings. The Bertz CT molecular complexity index is 144. The van der Waals surface area contributed by atoms with Crippen LogP contribution in [0.3, 0.4) is 0 Å². The summed E-state index contributed by atoms with van der Waals surface area (Å²) >= 11 is 0.